The molecular weight excluding hydrogens is 302 g/mol. The Kier molecular flexibility index (Phi) is 4.01. The van der Waals surface area contributed by atoms with Crippen molar-refractivity contribution in [2.45, 2.75) is 25.0 Å². The van der Waals surface area contributed by atoms with E-state index in [9.17, 15) is 4.79 Å². The molecule has 4 rings (SSSR count). The zero-order chi connectivity index (χ0) is 16.4. The molecule has 1 aliphatic heterocycles. The normalized spacial score (nSPS) is 20.8. The quantitative estimate of drug-likeness (QED) is 0.778. The number of benzene rings is 1. The molecule has 3 heterocycles. The standard InChI is InChI=1S/C19H19N3O2/c23-19(15-3-1-4-16-14(15)8-11-21-16)22-17-5-2-12-24-18(17)13-6-9-20-10-7-13/h1,3-4,6-11,17-18,21H,2,5,12H2,(H,22,23)/t17-,18+/m0/s1. The van der Waals surface area contributed by atoms with Gasteiger partial charge >= 0.3 is 0 Å². The molecule has 0 bridgehead atoms. The zero-order valence-corrected chi connectivity index (χ0v) is 13.2. The molecule has 1 aromatic carbocycles. The van der Waals surface area contributed by atoms with E-state index in [-0.39, 0.29) is 18.1 Å². The largest absolute Gasteiger partial charge is 0.371 e. The molecule has 2 aromatic heterocycles. The second-order valence-electron chi connectivity index (χ2n) is 6.04. The van der Waals surface area contributed by atoms with Gasteiger partial charge in [-0.3, -0.25) is 9.78 Å². The fourth-order valence-electron chi connectivity index (χ4n) is 3.34. The van der Waals surface area contributed by atoms with Gasteiger partial charge in [-0.1, -0.05) is 6.07 Å². The third-order valence-electron chi connectivity index (χ3n) is 4.51. The summed E-state index contributed by atoms with van der Waals surface area (Å²) in [5, 5.41) is 4.10. The second-order valence-corrected chi connectivity index (χ2v) is 6.04. The van der Waals surface area contributed by atoms with E-state index in [0.29, 0.717) is 12.2 Å². The summed E-state index contributed by atoms with van der Waals surface area (Å²) in [5.74, 6) is -0.0604. The third-order valence-corrected chi connectivity index (χ3v) is 4.51. The van der Waals surface area contributed by atoms with Crippen LogP contribution in [0.25, 0.3) is 10.9 Å². The van der Waals surface area contributed by atoms with E-state index in [1.54, 1.807) is 12.4 Å². The monoisotopic (exact) mass is 321 g/mol. The van der Waals surface area contributed by atoms with Gasteiger partial charge in [-0.25, -0.2) is 0 Å². The Morgan fingerprint density at radius 1 is 1.21 bits per heavy atom. The molecule has 2 atom stereocenters. The minimum atomic E-state index is -0.129. The Balaban J connectivity index is 1.58. The minimum Gasteiger partial charge on any atom is -0.371 e. The van der Waals surface area contributed by atoms with Crippen molar-refractivity contribution >= 4 is 16.8 Å². The number of aromatic amines is 1. The summed E-state index contributed by atoms with van der Waals surface area (Å²) in [6.45, 7) is 0.715. The molecule has 0 radical (unpaired) electrons. The number of carbonyl (C=O) groups excluding carboxylic acids is 1. The maximum atomic E-state index is 12.8. The van der Waals surface area contributed by atoms with Crippen molar-refractivity contribution in [3.63, 3.8) is 0 Å². The number of pyridine rings is 1. The van der Waals surface area contributed by atoms with E-state index in [4.69, 9.17) is 4.74 Å². The van der Waals surface area contributed by atoms with Crippen LogP contribution in [-0.2, 0) is 4.74 Å². The van der Waals surface area contributed by atoms with E-state index in [2.05, 4.69) is 15.3 Å². The lowest BCUT2D eigenvalue weighted by Gasteiger charge is -2.32. The average molecular weight is 321 g/mol. The van der Waals surface area contributed by atoms with E-state index in [0.717, 1.165) is 29.3 Å². The van der Waals surface area contributed by atoms with Crippen molar-refractivity contribution in [1.82, 2.24) is 15.3 Å². The van der Waals surface area contributed by atoms with Gasteiger partial charge in [-0.05, 0) is 48.7 Å². The van der Waals surface area contributed by atoms with E-state index in [1.165, 1.54) is 0 Å². The molecule has 0 unspecified atom stereocenters. The molecule has 1 aliphatic rings. The van der Waals surface area contributed by atoms with Gasteiger partial charge in [0, 0.05) is 41.7 Å². The number of aromatic nitrogens is 2. The molecule has 122 valence electrons. The number of nitrogens with one attached hydrogen (secondary N) is 2. The summed E-state index contributed by atoms with van der Waals surface area (Å²) in [6, 6.07) is 11.5. The number of carbonyl (C=O) groups is 1. The number of hydrogen-bond donors (Lipinski definition) is 2. The van der Waals surface area contributed by atoms with Gasteiger partial charge in [0.25, 0.3) is 5.91 Å². The first-order valence-electron chi connectivity index (χ1n) is 8.21. The first-order chi connectivity index (χ1) is 11.8. The molecule has 1 amide bonds. The van der Waals surface area contributed by atoms with Crippen molar-refractivity contribution in [3.8, 4) is 0 Å². The number of fused-ring (bicyclic) bond motifs is 1. The molecule has 3 aromatic rings. The van der Waals surface area contributed by atoms with Crippen LogP contribution in [0.15, 0.2) is 55.0 Å². The van der Waals surface area contributed by atoms with E-state index < -0.39 is 0 Å². The van der Waals surface area contributed by atoms with Gasteiger partial charge in [-0.15, -0.1) is 0 Å². The Hall–Kier alpha value is -2.66. The predicted molar refractivity (Wildman–Crippen MR) is 91.7 cm³/mol. The van der Waals surface area contributed by atoms with Crippen molar-refractivity contribution in [2.75, 3.05) is 6.61 Å². The molecule has 0 spiro atoms. The van der Waals surface area contributed by atoms with Gasteiger partial charge < -0.3 is 15.0 Å². The highest BCUT2D eigenvalue weighted by molar-refractivity contribution is 6.06. The van der Waals surface area contributed by atoms with Gasteiger partial charge in [0.1, 0.15) is 6.10 Å². The summed E-state index contributed by atoms with van der Waals surface area (Å²) in [4.78, 5) is 20.0. The average Bonchev–Trinajstić information content (AvgIpc) is 3.11. The predicted octanol–water partition coefficient (Wildman–Crippen LogP) is 3.21. The van der Waals surface area contributed by atoms with Gasteiger partial charge in [0.2, 0.25) is 0 Å². The lowest BCUT2D eigenvalue weighted by Crippen LogP contribution is -2.42. The molecule has 0 aliphatic carbocycles. The van der Waals surface area contributed by atoms with Crippen LogP contribution < -0.4 is 5.32 Å². The Morgan fingerprint density at radius 2 is 2.08 bits per heavy atom. The van der Waals surface area contributed by atoms with Crippen LogP contribution in [0.4, 0.5) is 0 Å². The SMILES string of the molecule is O=C(N[C@H]1CCCO[C@@H]1c1ccncc1)c1cccc2[nH]ccc12. The number of hydrogen-bond acceptors (Lipinski definition) is 3. The molecule has 1 fully saturated rings. The van der Waals surface area contributed by atoms with Crippen LogP contribution >= 0.6 is 0 Å². The highest BCUT2D eigenvalue weighted by Crippen LogP contribution is 2.28. The smallest absolute Gasteiger partial charge is 0.252 e. The molecule has 24 heavy (non-hydrogen) atoms. The minimum absolute atomic E-state index is 0.0390. The summed E-state index contributed by atoms with van der Waals surface area (Å²) in [5.41, 5.74) is 2.70. The fourth-order valence-corrected chi connectivity index (χ4v) is 3.34. The highest BCUT2D eigenvalue weighted by Gasteiger charge is 2.29. The Morgan fingerprint density at radius 3 is 2.96 bits per heavy atom. The molecule has 2 N–H and O–H groups in total. The second kappa shape index (κ2) is 6.45. The molecule has 0 saturated carbocycles. The maximum absolute atomic E-state index is 12.8. The van der Waals surface area contributed by atoms with Crippen LogP contribution in [0.3, 0.4) is 0 Å². The Bertz CT molecular complexity index is 844. The Labute approximate surface area is 140 Å². The van der Waals surface area contributed by atoms with Crippen LogP contribution in [0, 0.1) is 0 Å². The maximum Gasteiger partial charge on any atom is 0.252 e. The number of rotatable bonds is 3. The van der Waals surface area contributed by atoms with Gasteiger partial charge in [0.05, 0.1) is 6.04 Å². The van der Waals surface area contributed by atoms with Crippen LogP contribution in [0.1, 0.15) is 34.9 Å². The van der Waals surface area contributed by atoms with Crippen LogP contribution in [-0.4, -0.2) is 28.5 Å². The summed E-state index contributed by atoms with van der Waals surface area (Å²) in [7, 11) is 0. The lowest BCUT2D eigenvalue weighted by molar-refractivity contribution is -0.00948. The van der Waals surface area contributed by atoms with Crippen molar-refractivity contribution in [1.29, 1.82) is 0 Å². The van der Waals surface area contributed by atoms with Crippen molar-refractivity contribution in [3.05, 3.63) is 66.1 Å². The zero-order valence-electron chi connectivity index (χ0n) is 13.2. The topological polar surface area (TPSA) is 67.0 Å². The molecule has 5 heteroatoms. The third kappa shape index (κ3) is 2.78. The first-order valence-corrected chi connectivity index (χ1v) is 8.21. The van der Waals surface area contributed by atoms with Gasteiger partial charge in [0.15, 0.2) is 0 Å². The van der Waals surface area contributed by atoms with Crippen LogP contribution in [0.2, 0.25) is 0 Å². The van der Waals surface area contributed by atoms with E-state index in [1.807, 2.05) is 42.6 Å². The molecule has 5 nitrogen and oxygen atoms in total. The highest BCUT2D eigenvalue weighted by atomic mass is 16.5. The summed E-state index contributed by atoms with van der Waals surface area (Å²) >= 11 is 0. The fraction of sp³-hybridized carbons (Fsp3) is 0.263. The van der Waals surface area contributed by atoms with Gasteiger partial charge in [-0.2, -0.15) is 0 Å². The molecule has 1 saturated heterocycles. The van der Waals surface area contributed by atoms with E-state index >= 15 is 0 Å². The molecular formula is C19H19N3O2. The number of ether oxygens (including phenoxy) is 1. The lowest BCUT2D eigenvalue weighted by atomic mass is 9.96. The summed E-state index contributed by atoms with van der Waals surface area (Å²) in [6.07, 6.45) is 7.09. The van der Waals surface area contributed by atoms with Crippen LogP contribution in [0.5, 0.6) is 0 Å². The van der Waals surface area contributed by atoms with Crippen molar-refractivity contribution in [2.24, 2.45) is 0 Å². The summed E-state index contributed by atoms with van der Waals surface area (Å²) < 4.78 is 5.94. The first kappa shape index (κ1) is 14.9. The number of H-pyrrole nitrogens is 1. The number of amides is 1. The number of nitrogens with zero attached hydrogens (tertiary/aromatic N) is 1. The van der Waals surface area contributed by atoms with Crippen molar-refractivity contribution < 1.29 is 9.53 Å².